The molecule has 1 aliphatic carbocycles. The number of amides is 1. The molecule has 122 valence electrons. The normalized spacial score (nSPS) is 14.3. The molecule has 24 heavy (non-hydrogen) atoms. The molecule has 0 bridgehead atoms. The van der Waals surface area contributed by atoms with Crippen LogP contribution < -0.4 is 5.32 Å². The zero-order chi connectivity index (χ0) is 17.3. The van der Waals surface area contributed by atoms with Gasteiger partial charge in [-0.1, -0.05) is 18.2 Å². The Morgan fingerprint density at radius 3 is 2.62 bits per heavy atom. The topological polar surface area (TPSA) is 57.8 Å². The summed E-state index contributed by atoms with van der Waals surface area (Å²) >= 11 is 0. The smallest absolute Gasteiger partial charge is 0.266 e. The Morgan fingerprint density at radius 2 is 2.00 bits per heavy atom. The molecule has 0 aliphatic heterocycles. The van der Waals surface area contributed by atoms with Gasteiger partial charge in [0, 0.05) is 23.1 Å². The summed E-state index contributed by atoms with van der Waals surface area (Å²) in [5.74, 6) is -0.372. The van der Waals surface area contributed by atoms with E-state index < -0.39 is 0 Å². The van der Waals surface area contributed by atoms with Gasteiger partial charge in [0.05, 0.1) is 0 Å². The Balaban J connectivity index is 1.87. The monoisotopic (exact) mass is 319 g/mol. The van der Waals surface area contributed by atoms with Gasteiger partial charge >= 0.3 is 0 Å². The van der Waals surface area contributed by atoms with Gasteiger partial charge in [0.1, 0.15) is 11.6 Å². The standard InChI is InChI=1S/C20H21N3O/c1-13-6-4-5-7-19(13)22-20(24)17(12-21)11-16-10-14(2)23(15(16)3)18-8-9-18/h4-7,10-11,18H,8-9H2,1-3H3,(H,22,24)/b17-11-. The minimum atomic E-state index is -0.372. The highest BCUT2D eigenvalue weighted by molar-refractivity contribution is 6.10. The lowest BCUT2D eigenvalue weighted by atomic mass is 10.1. The summed E-state index contributed by atoms with van der Waals surface area (Å²) in [7, 11) is 0. The first-order chi connectivity index (χ1) is 11.5. The van der Waals surface area contributed by atoms with Gasteiger partial charge < -0.3 is 9.88 Å². The Kier molecular flexibility index (Phi) is 4.26. The van der Waals surface area contributed by atoms with Crippen LogP contribution in [0.5, 0.6) is 0 Å². The lowest BCUT2D eigenvalue weighted by molar-refractivity contribution is -0.112. The quantitative estimate of drug-likeness (QED) is 0.675. The molecule has 1 saturated carbocycles. The maximum absolute atomic E-state index is 12.4. The van der Waals surface area contributed by atoms with Gasteiger partial charge in [-0.2, -0.15) is 5.26 Å². The molecule has 0 saturated heterocycles. The van der Waals surface area contributed by atoms with Crippen molar-refractivity contribution < 1.29 is 4.79 Å². The van der Waals surface area contributed by atoms with Crippen LogP contribution in [0.15, 0.2) is 35.9 Å². The third-order valence-corrected chi connectivity index (χ3v) is 4.49. The number of carbonyl (C=O) groups is 1. The Bertz CT molecular complexity index is 863. The number of aryl methyl sites for hydroxylation is 2. The second-order valence-corrected chi connectivity index (χ2v) is 6.37. The molecule has 1 heterocycles. The van der Waals surface area contributed by atoms with Gasteiger partial charge in [0.25, 0.3) is 5.91 Å². The van der Waals surface area contributed by atoms with Crippen LogP contribution in [0.25, 0.3) is 6.08 Å². The zero-order valence-corrected chi connectivity index (χ0v) is 14.3. The first-order valence-corrected chi connectivity index (χ1v) is 8.18. The van der Waals surface area contributed by atoms with E-state index in [0.29, 0.717) is 6.04 Å². The summed E-state index contributed by atoms with van der Waals surface area (Å²) in [5.41, 5.74) is 5.05. The highest BCUT2D eigenvalue weighted by Gasteiger charge is 2.26. The summed E-state index contributed by atoms with van der Waals surface area (Å²) in [6.07, 6.45) is 4.10. The predicted molar refractivity (Wildman–Crippen MR) is 95.6 cm³/mol. The second kappa shape index (κ2) is 6.37. The number of carbonyl (C=O) groups excluding carboxylic acids is 1. The van der Waals surface area contributed by atoms with Gasteiger partial charge in [-0.05, 0) is 62.9 Å². The summed E-state index contributed by atoms with van der Waals surface area (Å²) in [4.78, 5) is 12.4. The molecule has 0 radical (unpaired) electrons. The van der Waals surface area contributed by atoms with E-state index in [1.807, 2.05) is 50.2 Å². The van der Waals surface area contributed by atoms with E-state index in [-0.39, 0.29) is 11.5 Å². The molecule has 2 aromatic rings. The number of hydrogen-bond acceptors (Lipinski definition) is 2. The molecule has 1 aliphatic rings. The summed E-state index contributed by atoms with van der Waals surface area (Å²) in [6.45, 7) is 6.04. The molecule has 0 spiro atoms. The maximum Gasteiger partial charge on any atom is 0.266 e. The Hall–Kier alpha value is -2.80. The lowest BCUT2D eigenvalue weighted by Gasteiger charge is -2.08. The number of anilines is 1. The minimum Gasteiger partial charge on any atom is -0.346 e. The van der Waals surface area contributed by atoms with Crippen LogP contribution >= 0.6 is 0 Å². The van der Waals surface area contributed by atoms with E-state index in [1.165, 1.54) is 18.5 Å². The van der Waals surface area contributed by atoms with Gasteiger partial charge in [-0.3, -0.25) is 4.79 Å². The molecule has 1 amide bonds. The van der Waals surface area contributed by atoms with E-state index in [1.54, 1.807) is 6.08 Å². The van der Waals surface area contributed by atoms with Crippen molar-refractivity contribution in [2.75, 3.05) is 5.32 Å². The van der Waals surface area contributed by atoms with Crippen molar-refractivity contribution in [1.82, 2.24) is 4.57 Å². The molecule has 1 fully saturated rings. The molecule has 4 nitrogen and oxygen atoms in total. The molecule has 1 N–H and O–H groups in total. The summed E-state index contributed by atoms with van der Waals surface area (Å²) < 4.78 is 2.31. The van der Waals surface area contributed by atoms with Crippen LogP contribution in [0, 0.1) is 32.1 Å². The fourth-order valence-electron chi connectivity index (χ4n) is 3.05. The first-order valence-electron chi connectivity index (χ1n) is 8.18. The molecule has 0 unspecified atom stereocenters. The van der Waals surface area contributed by atoms with E-state index in [9.17, 15) is 10.1 Å². The minimum absolute atomic E-state index is 0.120. The highest BCUT2D eigenvalue weighted by atomic mass is 16.1. The molecular weight excluding hydrogens is 298 g/mol. The Morgan fingerprint density at radius 1 is 1.29 bits per heavy atom. The van der Waals surface area contributed by atoms with Crippen molar-refractivity contribution in [3.63, 3.8) is 0 Å². The van der Waals surface area contributed by atoms with Gasteiger partial charge in [0.15, 0.2) is 0 Å². The van der Waals surface area contributed by atoms with Crippen molar-refractivity contribution in [3.05, 3.63) is 58.4 Å². The second-order valence-electron chi connectivity index (χ2n) is 6.37. The third kappa shape index (κ3) is 3.11. The summed E-state index contributed by atoms with van der Waals surface area (Å²) in [5, 5.41) is 12.2. The number of para-hydroxylation sites is 1. The fourth-order valence-corrected chi connectivity index (χ4v) is 3.05. The van der Waals surface area contributed by atoms with Crippen LogP contribution in [-0.4, -0.2) is 10.5 Å². The van der Waals surface area contributed by atoms with Crippen LogP contribution in [0.3, 0.4) is 0 Å². The number of nitrogens with zero attached hydrogens (tertiary/aromatic N) is 2. The van der Waals surface area contributed by atoms with Crippen LogP contribution in [0.4, 0.5) is 5.69 Å². The number of benzene rings is 1. The van der Waals surface area contributed by atoms with Gasteiger partial charge in [-0.15, -0.1) is 0 Å². The first kappa shape index (κ1) is 16.1. The number of aromatic nitrogens is 1. The fraction of sp³-hybridized carbons (Fsp3) is 0.300. The van der Waals surface area contributed by atoms with E-state index >= 15 is 0 Å². The van der Waals surface area contributed by atoms with Gasteiger partial charge in [-0.25, -0.2) is 0 Å². The zero-order valence-electron chi connectivity index (χ0n) is 14.3. The van der Waals surface area contributed by atoms with Crippen LogP contribution in [-0.2, 0) is 4.79 Å². The molecular formula is C20H21N3O. The average molecular weight is 319 g/mol. The Labute approximate surface area is 142 Å². The van der Waals surface area contributed by atoms with E-state index in [2.05, 4.69) is 16.8 Å². The maximum atomic E-state index is 12.4. The molecule has 4 heteroatoms. The van der Waals surface area contributed by atoms with Crippen molar-refractivity contribution >= 4 is 17.7 Å². The summed E-state index contributed by atoms with van der Waals surface area (Å²) in [6, 6.07) is 12.2. The number of nitriles is 1. The van der Waals surface area contributed by atoms with Crippen molar-refractivity contribution in [2.45, 2.75) is 39.7 Å². The van der Waals surface area contributed by atoms with Crippen molar-refractivity contribution in [2.24, 2.45) is 0 Å². The number of nitrogens with one attached hydrogen (secondary N) is 1. The molecule has 3 rings (SSSR count). The molecule has 1 aromatic heterocycles. The highest BCUT2D eigenvalue weighted by Crippen LogP contribution is 2.38. The lowest BCUT2D eigenvalue weighted by Crippen LogP contribution is -2.14. The van der Waals surface area contributed by atoms with Crippen molar-refractivity contribution in [3.8, 4) is 6.07 Å². The van der Waals surface area contributed by atoms with Gasteiger partial charge in [0.2, 0.25) is 0 Å². The third-order valence-electron chi connectivity index (χ3n) is 4.49. The average Bonchev–Trinajstić information content (AvgIpc) is 3.34. The molecule has 0 atom stereocenters. The largest absolute Gasteiger partial charge is 0.346 e. The van der Waals surface area contributed by atoms with Crippen molar-refractivity contribution in [1.29, 1.82) is 5.26 Å². The predicted octanol–water partition coefficient (Wildman–Crippen LogP) is 4.29. The number of rotatable bonds is 4. The van der Waals surface area contributed by atoms with Crippen LogP contribution in [0.2, 0.25) is 0 Å². The van der Waals surface area contributed by atoms with Crippen LogP contribution in [0.1, 0.15) is 41.4 Å². The number of hydrogen-bond donors (Lipinski definition) is 1. The van der Waals surface area contributed by atoms with E-state index in [0.717, 1.165) is 22.5 Å². The van der Waals surface area contributed by atoms with E-state index in [4.69, 9.17) is 0 Å². The molecule has 1 aromatic carbocycles. The SMILES string of the molecule is Cc1ccccc1NC(=O)/C(C#N)=C\c1cc(C)n(C2CC2)c1C.